The third-order valence-electron chi connectivity index (χ3n) is 5.86. The highest BCUT2D eigenvalue weighted by Gasteiger charge is 2.20. The van der Waals surface area contributed by atoms with Crippen molar-refractivity contribution in [3.8, 4) is 11.1 Å². The van der Waals surface area contributed by atoms with E-state index in [0.29, 0.717) is 0 Å². The predicted octanol–water partition coefficient (Wildman–Crippen LogP) is 3.90. The molecule has 0 aliphatic heterocycles. The van der Waals surface area contributed by atoms with Crippen molar-refractivity contribution in [3.05, 3.63) is 89.7 Å². The number of hydrogen-bond donors (Lipinski definition) is 0. The van der Waals surface area contributed by atoms with Gasteiger partial charge in [0.25, 0.3) is 5.82 Å². The van der Waals surface area contributed by atoms with Crippen LogP contribution in [-0.4, -0.2) is 23.5 Å². The van der Waals surface area contributed by atoms with E-state index in [1.165, 1.54) is 27.7 Å². The number of aromatic nitrogens is 3. The Labute approximate surface area is 176 Å². The van der Waals surface area contributed by atoms with Crippen molar-refractivity contribution in [2.45, 2.75) is 6.92 Å². The molecular weight excluding hydrogens is 368 g/mol. The van der Waals surface area contributed by atoms with Gasteiger partial charge in [-0.25, -0.2) is 4.57 Å². The third-order valence-corrected chi connectivity index (χ3v) is 5.86. The second kappa shape index (κ2) is 6.99. The molecule has 0 fully saturated rings. The van der Waals surface area contributed by atoms with Crippen LogP contribution in [0.15, 0.2) is 72.9 Å². The zero-order valence-corrected chi connectivity index (χ0v) is 17.8. The van der Waals surface area contributed by atoms with Gasteiger partial charge in [0.15, 0.2) is 5.52 Å². The van der Waals surface area contributed by atoms with E-state index in [1.807, 2.05) is 0 Å². The van der Waals surface area contributed by atoms with Crippen molar-refractivity contribution < 1.29 is 4.57 Å². The van der Waals surface area contributed by atoms with Crippen LogP contribution in [0.3, 0.4) is 0 Å². The lowest BCUT2D eigenvalue weighted by Gasteiger charge is -2.11. The summed E-state index contributed by atoms with van der Waals surface area (Å²) in [6, 6.07) is 23.7. The Balaban J connectivity index is 1.82. The van der Waals surface area contributed by atoms with Crippen LogP contribution in [0.2, 0.25) is 0 Å². The van der Waals surface area contributed by atoms with Crippen molar-refractivity contribution in [1.82, 2.24) is 9.38 Å². The summed E-state index contributed by atoms with van der Waals surface area (Å²) < 4.78 is 4.41. The first-order valence-corrected chi connectivity index (χ1v) is 10.2. The highest BCUT2D eigenvalue weighted by atomic mass is 15.1. The van der Waals surface area contributed by atoms with Gasteiger partial charge in [0.1, 0.15) is 5.52 Å². The van der Waals surface area contributed by atoms with E-state index >= 15 is 0 Å². The Morgan fingerprint density at radius 1 is 0.967 bits per heavy atom. The first-order chi connectivity index (χ1) is 14.5. The fourth-order valence-electron chi connectivity index (χ4n) is 4.06. The molecule has 0 atom stereocenters. The number of anilines is 1. The molecule has 3 aromatic heterocycles. The quantitative estimate of drug-likeness (QED) is 0.434. The Bertz CT molecular complexity index is 1410. The van der Waals surface area contributed by atoms with E-state index in [9.17, 15) is 0 Å². The highest BCUT2D eigenvalue weighted by Crippen LogP contribution is 2.23. The molecule has 0 radical (unpaired) electrons. The number of fused-ring (bicyclic) bond motifs is 3. The van der Waals surface area contributed by atoms with Gasteiger partial charge >= 0.3 is 0 Å². The summed E-state index contributed by atoms with van der Waals surface area (Å²) in [5.41, 5.74) is 8.11. The SMILES string of the molecule is Cc1nc2c3cc(-c4ccccc4)/c(=C/c4ccc(N(C)C)cc4)n3ccc2[n+]1C. The molecule has 4 heteroatoms. The second-order valence-electron chi connectivity index (χ2n) is 7.96. The lowest BCUT2D eigenvalue weighted by molar-refractivity contribution is -0.651. The Morgan fingerprint density at radius 2 is 1.70 bits per heavy atom. The van der Waals surface area contributed by atoms with E-state index in [2.05, 4.69) is 121 Å². The molecule has 3 heterocycles. The minimum Gasteiger partial charge on any atom is -0.378 e. The van der Waals surface area contributed by atoms with Crippen LogP contribution in [0.25, 0.3) is 33.8 Å². The van der Waals surface area contributed by atoms with Gasteiger partial charge < -0.3 is 9.30 Å². The van der Waals surface area contributed by atoms with E-state index in [1.54, 1.807) is 0 Å². The van der Waals surface area contributed by atoms with Crippen LogP contribution in [0.5, 0.6) is 0 Å². The van der Waals surface area contributed by atoms with Crippen molar-refractivity contribution in [2.75, 3.05) is 19.0 Å². The fourth-order valence-corrected chi connectivity index (χ4v) is 4.06. The Kier molecular flexibility index (Phi) is 4.28. The summed E-state index contributed by atoms with van der Waals surface area (Å²) in [7, 11) is 6.20. The maximum Gasteiger partial charge on any atom is 0.296 e. The molecule has 0 saturated heterocycles. The number of imidazole rings is 1. The summed E-state index contributed by atoms with van der Waals surface area (Å²) >= 11 is 0. The molecule has 0 bridgehead atoms. The number of aryl methyl sites for hydroxylation is 2. The maximum absolute atomic E-state index is 4.85. The largest absolute Gasteiger partial charge is 0.378 e. The first-order valence-electron chi connectivity index (χ1n) is 10.2. The average molecular weight is 394 g/mol. The molecule has 2 aromatic carbocycles. The van der Waals surface area contributed by atoms with Crippen LogP contribution in [0.1, 0.15) is 11.4 Å². The third kappa shape index (κ3) is 2.92. The van der Waals surface area contributed by atoms with Gasteiger partial charge in [-0.15, -0.1) is 0 Å². The zero-order valence-electron chi connectivity index (χ0n) is 17.8. The van der Waals surface area contributed by atoms with Gasteiger partial charge in [-0.05, 0) is 40.4 Å². The molecule has 0 amide bonds. The topological polar surface area (TPSA) is 24.4 Å². The van der Waals surface area contributed by atoms with E-state index in [4.69, 9.17) is 4.98 Å². The predicted molar refractivity (Wildman–Crippen MR) is 124 cm³/mol. The molecule has 0 saturated carbocycles. The second-order valence-corrected chi connectivity index (χ2v) is 7.96. The fraction of sp³-hybridized carbons (Fsp3) is 0.154. The lowest BCUT2D eigenvalue weighted by Crippen LogP contribution is -2.29. The van der Waals surface area contributed by atoms with Crippen molar-refractivity contribution in [1.29, 1.82) is 0 Å². The molecular formula is C26H25N4+. The normalized spacial score (nSPS) is 12.2. The molecule has 0 aliphatic rings. The minimum absolute atomic E-state index is 1.02. The van der Waals surface area contributed by atoms with E-state index < -0.39 is 0 Å². The van der Waals surface area contributed by atoms with Crippen molar-refractivity contribution in [2.24, 2.45) is 7.05 Å². The molecule has 0 N–H and O–H groups in total. The van der Waals surface area contributed by atoms with Crippen LogP contribution in [0.4, 0.5) is 5.69 Å². The lowest BCUT2D eigenvalue weighted by atomic mass is 10.1. The zero-order chi connectivity index (χ0) is 20.8. The van der Waals surface area contributed by atoms with E-state index in [-0.39, 0.29) is 0 Å². The molecule has 0 aliphatic carbocycles. The minimum atomic E-state index is 1.02. The van der Waals surface area contributed by atoms with Crippen LogP contribution in [0, 0.1) is 6.92 Å². The Morgan fingerprint density at radius 3 is 2.40 bits per heavy atom. The number of pyridine rings is 1. The molecule has 148 valence electrons. The molecule has 4 nitrogen and oxygen atoms in total. The highest BCUT2D eigenvalue weighted by molar-refractivity contribution is 5.91. The smallest absolute Gasteiger partial charge is 0.296 e. The molecule has 0 unspecified atom stereocenters. The number of rotatable bonds is 3. The monoisotopic (exact) mass is 393 g/mol. The number of nitrogens with zero attached hydrogens (tertiary/aromatic N) is 4. The summed E-state index contributed by atoms with van der Waals surface area (Å²) in [4.78, 5) is 6.97. The number of benzene rings is 2. The van der Waals surface area contributed by atoms with Crippen LogP contribution >= 0.6 is 0 Å². The van der Waals surface area contributed by atoms with Crippen molar-refractivity contribution in [3.63, 3.8) is 0 Å². The molecule has 5 rings (SSSR count). The maximum atomic E-state index is 4.85. The summed E-state index contributed by atoms with van der Waals surface area (Å²) in [5, 5.41) is 1.17. The molecule has 30 heavy (non-hydrogen) atoms. The Hall–Kier alpha value is -3.66. The summed E-state index contributed by atoms with van der Waals surface area (Å²) in [6.07, 6.45) is 4.42. The molecule has 5 aromatic rings. The summed E-state index contributed by atoms with van der Waals surface area (Å²) in [6.45, 7) is 2.05. The van der Waals surface area contributed by atoms with Crippen LogP contribution < -0.4 is 14.8 Å². The van der Waals surface area contributed by atoms with Gasteiger partial charge in [0.2, 0.25) is 5.52 Å². The van der Waals surface area contributed by atoms with Gasteiger partial charge in [-0.3, -0.25) is 0 Å². The number of hydrogen-bond acceptors (Lipinski definition) is 2. The standard InChI is InChI=1S/C26H25N4/c1-18-27-26-23(29(18)4)14-15-30-24(16-19-10-12-21(13-11-19)28(2)3)22(17-25(26)30)20-8-6-5-7-9-20/h5-17H,1-4H3/q+1. The summed E-state index contributed by atoms with van der Waals surface area (Å²) in [5.74, 6) is 1.02. The first kappa shape index (κ1) is 18.4. The van der Waals surface area contributed by atoms with E-state index in [0.717, 1.165) is 22.4 Å². The van der Waals surface area contributed by atoms with Crippen molar-refractivity contribution >= 4 is 28.3 Å². The average Bonchev–Trinajstić information content (AvgIpc) is 3.27. The molecule has 0 spiro atoms. The van der Waals surface area contributed by atoms with Gasteiger partial charge in [-0.2, -0.15) is 0 Å². The van der Waals surface area contributed by atoms with Gasteiger partial charge in [-0.1, -0.05) is 42.5 Å². The van der Waals surface area contributed by atoms with Crippen LogP contribution in [-0.2, 0) is 7.05 Å². The van der Waals surface area contributed by atoms with Gasteiger partial charge in [0, 0.05) is 44.5 Å². The van der Waals surface area contributed by atoms with Gasteiger partial charge in [0.05, 0.1) is 12.4 Å².